The molecule has 1 aromatic heterocycles. The van der Waals surface area contributed by atoms with Crippen LogP contribution in [0.15, 0.2) is 42.7 Å². The van der Waals surface area contributed by atoms with E-state index < -0.39 is 5.82 Å². The number of nitrogens with one attached hydrogen (secondary N) is 2. The molecule has 0 unspecified atom stereocenters. The third-order valence-electron chi connectivity index (χ3n) is 4.57. The van der Waals surface area contributed by atoms with Gasteiger partial charge in [0.1, 0.15) is 12.4 Å². The van der Waals surface area contributed by atoms with Gasteiger partial charge in [0.2, 0.25) is 11.9 Å². The molecule has 8 nitrogen and oxygen atoms in total. The van der Waals surface area contributed by atoms with Gasteiger partial charge in [-0.1, -0.05) is 23.2 Å². The molecule has 2 aromatic carbocycles. The molecule has 0 spiro atoms. The van der Waals surface area contributed by atoms with Gasteiger partial charge in [0.05, 0.1) is 23.7 Å². The molecule has 1 aliphatic heterocycles. The fourth-order valence-corrected chi connectivity index (χ4v) is 3.33. The Hall–Kier alpha value is -3.17. The van der Waals surface area contributed by atoms with Gasteiger partial charge in [0.25, 0.3) is 5.91 Å². The maximum absolute atomic E-state index is 13.9. The zero-order valence-electron chi connectivity index (χ0n) is 16.3. The fraction of sp³-hybridized carbons (Fsp3) is 0.200. The SMILES string of the molecule is CNC(=O)c1cc(Nc2ncnc(N3CC(Oc4ccc(Cl)cc4F)C3)n2)ccc1Cl. The lowest BCUT2D eigenvalue weighted by Crippen LogP contribution is -2.54. The Morgan fingerprint density at radius 2 is 2.00 bits per heavy atom. The number of carbonyl (C=O) groups excluding carboxylic acids is 1. The van der Waals surface area contributed by atoms with E-state index >= 15 is 0 Å². The molecule has 0 saturated carbocycles. The van der Waals surface area contributed by atoms with Crippen LogP contribution < -0.4 is 20.3 Å². The van der Waals surface area contributed by atoms with E-state index in [9.17, 15) is 9.18 Å². The van der Waals surface area contributed by atoms with Crippen LogP contribution in [0, 0.1) is 5.82 Å². The number of rotatable bonds is 6. The van der Waals surface area contributed by atoms with Gasteiger partial charge in [0, 0.05) is 17.8 Å². The summed E-state index contributed by atoms with van der Waals surface area (Å²) in [4.78, 5) is 26.5. The number of aromatic nitrogens is 3. The maximum Gasteiger partial charge on any atom is 0.252 e. The monoisotopic (exact) mass is 462 g/mol. The third-order valence-corrected chi connectivity index (χ3v) is 5.14. The smallest absolute Gasteiger partial charge is 0.252 e. The van der Waals surface area contributed by atoms with Crippen molar-refractivity contribution < 1.29 is 13.9 Å². The molecule has 11 heteroatoms. The summed E-state index contributed by atoms with van der Waals surface area (Å²) in [5, 5.41) is 6.23. The summed E-state index contributed by atoms with van der Waals surface area (Å²) in [6.07, 6.45) is 1.18. The highest BCUT2D eigenvalue weighted by atomic mass is 35.5. The van der Waals surface area contributed by atoms with E-state index in [1.165, 1.54) is 25.5 Å². The van der Waals surface area contributed by atoms with Crippen LogP contribution in [0.4, 0.5) is 22.0 Å². The summed E-state index contributed by atoms with van der Waals surface area (Å²) < 4.78 is 19.5. The second kappa shape index (κ2) is 8.91. The average molecular weight is 463 g/mol. The Morgan fingerprint density at radius 3 is 2.74 bits per heavy atom. The molecule has 2 N–H and O–H groups in total. The normalized spacial score (nSPS) is 13.5. The van der Waals surface area contributed by atoms with Gasteiger partial charge >= 0.3 is 0 Å². The van der Waals surface area contributed by atoms with Gasteiger partial charge in [-0.25, -0.2) is 14.4 Å². The molecule has 0 radical (unpaired) electrons. The summed E-state index contributed by atoms with van der Waals surface area (Å²) in [6.45, 7) is 0.987. The predicted octanol–water partition coefficient (Wildman–Crippen LogP) is 3.69. The van der Waals surface area contributed by atoms with E-state index in [1.54, 1.807) is 24.3 Å². The van der Waals surface area contributed by atoms with Crippen molar-refractivity contribution in [3.8, 4) is 5.75 Å². The second-order valence-electron chi connectivity index (χ2n) is 6.73. The second-order valence-corrected chi connectivity index (χ2v) is 7.57. The molecule has 1 saturated heterocycles. The summed E-state index contributed by atoms with van der Waals surface area (Å²) in [5.41, 5.74) is 0.934. The van der Waals surface area contributed by atoms with Crippen molar-refractivity contribution in [3.05, 3.63) is 64.2 Å². The predicted molar refractivity (Wildman–Crippen MR) is 116 cm³/mol. The highest BCUT2D eigenvalue weighted by Gasteiger charge is 2.31. The zero-order valence-corrected chi connectivity index (χ0v) is 17.8. The van der Waals surface area contributed by atoms with E-state index in [0.29, 0.717) is 46.3 Å². The molecule has 160 valence electrons. The lowest BCUT2D eigenvalue weighted by molar-refractivity contribution is 0.0963. The van der Waals surface area contributed by atoms with Crippen LogP contribution in [0.2, 0.25) is 10.0 Å². The van der Waals surface area contributed by atoms with Crippen molar-refractivity contribution in [3.63, 3.8) is 0 Å². The standard InChI is InChI=1S/C20H17Cl2FN6O2/c1-24-18(30)14-7-12(3-4-15(14)22)27-19-25-10-26-20(28-19)29-8-13(9-29)31-17-5-2-11(21)6-16(17)23/h2-7,10,13H,8-9H2,1H3,(H,24,30)(H,25,26,27,28). The largest absolute Gasteiger partial charge is 0.484 e. The lowest BCUT2D eigenvalue weighted by Gasteiger charge is -2.38. The van der Waals surface area contributed by atoms with E-state index in [1.807, 2.05) is 4.90 Å². The number of hydrogen-bond acceptors (Lipinski definition) is 7. The first-order chi connectivity index (χ1) is 14.9. The Labute approximate surface area is 187 Å². The molecule has 1 amide bonds. The van der Waals surface area contributed by atoms with Crippen molar-refractivity contribution in [1.29, 1.82) is 0 Å². The summed E-state index contributed by atoms with van der Waals surface area (Å²) in [5.74, 6) is 0.116. The van der Waals surface area contributed by atoms with Gasteiger partial charge in [-0.2, -0.15) is 4.98 Å². The van der Waals surface area contributed by atoms with Crippen molar-refractivity contribution in [1.82, 2.24) is 20.3 Å². The lowest BCUT2D eigenvalue weighted by atomic mass is 10.2. The Bertz CT molecular complexity index is 1130. The van der Waals surface area contributed by atoms with Gasteiger partial charge < -0.3 is 20.3 Å². The van der Waals surface area contributed by atoms with Gasteiger partial charge in [-0.3, -0.25) is 4.79 Å². The molecule has 1 aliphatic rings. The minimum Gasteiger partial charge on any atom is -0.484 e. The number of hydrogen-bond donors (Lipinski definition) is 2. The maximum atomic E-state index is 13.9. The zero-order chi connectivity index (χ0) is 22.0. The van der Waals surface area contributed by atoms with Crippen molar-refractivity contribution in [2.24, 2.45) is 0 Å². The minimum atomic E-state index is -0.503. The first-order valence-corrected chi connectivity index (χ1v) is 10.0. The number of ether oxygens (including phenoxy) is 1. The van der Waals surface area contributed by atoms with Crippen LogP contribution in [0.25, 0.3) is 0 Å². The van der Waals surface area contributed by atoms with Crippen LogP contribution in [0.1, 0.15) is 10.4 Å². The van der Waals surface area contributed by atoms with Crippen molar-refractivity contribution in [2.75, 3.05) is 30.4 Å². The molecule has 31 heavy (non-hydrogen) atoms. The molecular weight excluding hydrogens is 446 g/mol. The van der Waals surface area contributed by atoms with Gasteiger partial charge in [-0.05, 0) is 36.4 Å². The van der Waals surface area contributed by atoms with Gasteiger partial charge in [0.15, 0.2) is 11.6 Å². The molecule has 0 atom stereocenters. The van der Waals surface area contributed by atoms with E-state index in [4.69, 9.17) is 27.9 Å². The van der Waals surface area contributed by atoms with Crippen LogP contribution in [0.5, 0.6) is 5.75 Å². The minimum absolute atomic E-state index is 0.154. The number of halogens is 3. The first-order valence-electron chi connectivity index (χ1n) is 9.27. The number of carbonyl (C=O) groups is 1. The van der Waals surface area contributed by atoms with Crippen LogP contribution >= 0.6 is 23.2 Å². The van der Waals surface area contributed by atoms with Crippen LogP contribution in [0.3, 0.4) is 0 Å². The topological polar surface area (TPSA) is 92.3 Å². The third kappa shape index (κ3) is 4.78. The summed E-state index contributed by atoms with van der Waals surface area (Å²) in [7, 11) is 1.53. The average Bonchev–Trinajstić information content (AvgIpc) is 2.72. The highest BCUT2D eigenvalue weighted by molar-refractivity contribution is 6.34. The quantitative estimate of drug-likeness (QED) is 0.576. The first kappa shape index (κ1) is 21.1. The Morgan fingerprint density at radius 1 is 1.19 bits per heavy atom. The number of anilines is 3. The van der Waals surface area contributed by atoms with E-state index in [0.717, 1.165) is 0 Å². The van der Waals surface area contributed by atoms with Crippen LogP contribution in [-0.4, -0.2) is 47.1 Å². The molecular formula is C20H17Cl2FN6O2. The summed E-state index contributed by atoms with van der Waals surface area (Å²) >= 11 is 11.8. The summed E-state index contributed by atoms with van der Waals surface area (Å²) in [6, 6.07) is 9.23. The van der Waals surface area contributed by atoms with E-state index in [-0.39, 0.29) is 17.8 Å². The van der Waals surface area contributed by atoms with E-state index in [2.05, 4.69) is 25.6 Å². The number of amides is 1. The highest BCUT2D eigenvalue weighted by Crippen LogP contribution is 2.27. The molecule has 4 rings (SSSR count). The molecule has 0 aliphatic carbocycles. The number of benzene rings is 2. The molecule has 3 aromatic rings. The number of nitrogens with zero attached hydrogens (tertiary/aromatic N) is 4. The van der Waals surface area contributed by atoms with Crippen LogP contribution in [-0.2, 0) is 0 Å². The van der Waals surface area contributed by atoms with Crippen molar-refractivity contribution >= 4 is 46.7 Å². The Kier molecular flexibility index (Phi) is 6.06. The molecule has 0 bridgehead atoms. The fourth-order valence-electron chi connectivity index (χ4n) is 2.97. The van der Waals surface area contributed by atoms with Gasteiger partial charge in [-0.15, -0.1) is 0 Å². The van der Waals surface area contributed by atoms with Crippen molar-refractivity contribution in [2.45, 2.75) is 6.10 Å². The molecule has 1 fully saturated rings. The Balaban J connectivity index is 1.40. The molecule has 2 heterocycles.